The van der Waals surface area contributed by atoms with Crippen LogP contribution >= 0.6 is 0 Å². The highest BCUT2D eigenvalue weighted by Gasteiger charge is 2.12. The van der Waals surface area contributed by atoms with Gasteiger partial charge in [-0.25, -0.2) is 0 Å². The van der Waals surface area contributed by atoms with E-state index in [1.54, 1.807) is 0 Å². The monoisotopic (exact) mass is 218 g/mol. The molecule has 2 N–H and O–H groups in total. The van der Waals surface area contributed by atoms with Crippen molar-refractivity contribution in [3.05, 3.63) is 35.4 Å². The molecule has 0 aromatic heterocycles. The quantitative estimate of drug-likeness (QED) is 0.810. The van der Waals surface area contributed by atoms with Crippen molar-refractivity contribution in [2.75, 3.05) is 13.1 Å². The zero-order valence-electron chi connectivity index (χ0n) is 10.3. The van der Waals surface area contributed by atoms with E-state index < -0.39 is 0 Å². The van der Waals surface area contributed by atoms with Crippen LogP contribution in [-0.4, -0.2) is 19.1 Å². The van der Waals surface area contributed by atoms with Crippen molar-refractivity contribution in [3.63, 3.8) is 0 Å². The van der Waals surface area contributed by atoms with Crippen molar-refractivity contribution >= 4 is 0 Å². The van der Waals surface area contributed by atoms with Crippen molar-refractivity contribution in [3.8, 4) is 0 Å². The number of benzene rings is 1. The predicted molar refractivity (Wildman–Crippen MR) is 68.6 cm³/mol. The fourth-order valence-electron chi connectivity index (χ4n) is 2.11. The number of rotatable bonds is 4. The van der Waals surface area contributed by atoms with Gasteiger partial charge in [-0.2, -0.15) is 0 Å². The molecule has 0 bridgehead atoms. The summed E-state index contributed by atoms with van der Waals surface area (Å²) in [6.07, 6.45) is 1.25. The summed E-state index contributed by atoms with van der Waals surface area (Å²) in [5.41, 5.74) is 2.81. The van der Waals surface area contributed by atoms with Crippen LogP contribution < -0.4 is 10.6 Å². The molecule has 2 rings (SSSR count). The minimum atomic E-state index is 0.626. The van der Waals surface area contributed by atoms with Crippen LogP contribution in [0.25, 0.3) is 0 Å². The Labute approximate surface area is 98.4 Å². The van der Waals surface area contributed by atoms with Crippen LogP contribution in [0.3, 0.4) is 0 Å². The highest BCUT2D eigenvalue weighted by molar-refractivity contribution is 5.24. The normalized spacial score (nSPS) is 20.6. The van der Waals surface area contributed by atoms with E-state index in [1.807, 2.05) is 0 Å². The van der Waals surface area contributed by atoms with Gasteiger partial charge in [0, 0.05) is 19.1 Å². The van der Waals surface area contributed by atoms with Gasteiger partial charge in [-0.1, -0.05) is 38.1 Å². The largest absolute Gasteiger partial charge is 0.315 e. The molecule has 2 nitrogen and oxygen atoms in total. The Morgan fingerprint density at radius 3 is 2.62 bits per heavy atom. The number of hydrogen-bond donors (Lipinski definition) is 2. The Bertz CT molecular complexity index is 310. The van der Waals surface area contributed by atoms with E-state index in [0.717, 1.165) is 19.6 Å². The first kappa shape index (κ1) is 11.6. The second-order valence-electron chi connectivity index (χ2n) is 4.97. The van der Waals surface area contributed by atoms with E-state index in [4.69, 9.17) is 0 Å². The lowest BCUT2D eigenvalue weighted by Crippen LogP contribution is -2.30. The topological polar surface area (TPSA) is 24.1 Å². The van der Waals surface area contributed by atoms with Gasteiger partial charge in [-0.15, -0.1) is 0 Å². The summed E-state index contributed by atoms with van der Waals surface area (Å²) >= 11 is 0. The molecule has 0 saturated carbocycles. The molecule has 1 aliphatic heterocycles. The lowest BCUT2D eigenvalue weighted by Gasteiger charge is -2.12. The Morgan fingerprint density at radius 2 is 2.06 bits per heavy atom. The third-order valence-electron chi connectivity index (χ3n) is 3.30. The van der Waals surface area contributed by atoms with Crippen molar-refractivity contribution in [2.24, 2.45) is 0 Å². The Hall–Kier alpha value is -0.860. The molecule has 1 aliphatic rings. The van der Waals surface area contributed by atoms with Gasteiger partial charge in [-0.3, -0.25) is 0 Å². The van der Waals surface area contributed by atoms with Gasteiger partial charge in [0.15, 0.2) is 0 Å². The molecule has 1 heterocycles. The molecule has 88 valence electrons. The minimum absolute atomic E-state index is 0.626. The summed E-state index contributed by atoms with van der Waals surface area (Å²) in [4.78, 5) is 0. The van der Waals surface area contributed by atoms with Gasteiger partial charge in [0.05, 0.1) is 0 Å². The molecule has 2 heteroatoms. The van der Waals surface area contributed by atoms with Crippen LogP contribution in [0, 0.1) is 0 Å². The number of nitrogens with one attached hydrogen (secondary N) is 2. The smallest absolute Gasteiger partial charge is 0.0208 e. The van der Waals surface area contributed by atoms with Gasteiger partial charge in [-0.05, 0) is 30.0 Å². The fourth-order valence-corrected chi connectivity index (χ4v) is 2.11. The Balaban J connectivity index is 1.84. The van der Waals surface area contributed by atoms with Gasteiger partial charge in [0.2, 0.25) is 0 Å². The van der Waals surface area contributed by atoms with Crippen LogP contribution in [-0.2, 0) is 6.54 Å². The first-order chi connectivity index (χ1) is 7.75. The van der Waals surface area contributed by atoms with E-state index in [1.165, 1.54) is 17.5 Å². The van der Waals surface area contributed by atoms with E-state index in [9.17, 15) is 0 Å². The number of hydrogen-bond acceptors (Lipinski definition) is 2. The lowest BCUT2D eigenvalue weighted by atomic mass is 10.0. The second-order valence-corrected chi connectivity index (χ2v) is 4.97. The first-order valence-corrected chi connectivity index (χ1v) is 6.28. The summed E-state index contributed by atoms with van der Waals surface area (Å²) in [7, 11) is 0. The summed E-state index contributed by atoms with van der Waals surface area (Å²) in [6, 6.07) is 9.63. The molecular weight excluding hydrogens is 196 g/mol. The van der Waals surface area contributed by atoms with Crippen molar-refractivity contribution < 1.29 is 0 Å². The molecule has 0 amide bonds. The molecule has 0 radical (unpaired) electrons. The highest BCUT2D eigenvalue weighted by atomic mass is 15.0. The van der Waals surface area contributed by atoms with E-state index in [2.05, 4.69) is 48.7 Å². The molecule has 1 fully saturated rings. The van der Waals surface area contributed by atoms with Crippen LogP contribution in [0.1, 0.15) is 37.3 Å². The maximum absolute atomic E-state index is 3.58. The lowest BCUT2D eigenvalue weighted by molar-refractivity contribution is 0.547. The van der Waals surface area contributed by atoms with Crippen LogP contribution in [0.15, 0.2) is 24.3 Å². The summed E-state index contributed by atoms with van der Waals surface area (Å²) in [6.45, 7) is 7.73. The molecule has 0 aliphatic carbocycles. The second kappa shape index (κ2) is 5.46. The Kier molecular flexibility index (Phi) is 3.97. The van der Waals surface area contributed by atoms with Crippen LogP contribution in [0.2, 0.25) is 0 Å². The van der Waals surface area contributed by atoms with Gasteiger partial charge in [0.1, 0.15) is 0 Å². The molecule has 1 aromatic rings. The predicted octanol–water partition coefficient (Wildman–Crippen LogP) is 2.26. The summed E-state index contributed by atoms with van der Waals surface area (Å²) < 4.78 is 0. The molecule has 1 atom stereocenters. The van der Waals surface area contributed by atoms with Crippen LogP contribution in [0.5, 0.6) is 0 Å². The molecule has 1 aromatic carbocycles. The minimum Gasteiger partial charge on any atom is -0.315 e. The third kappa shape index (κ3) is 3.06. The standard InChI is InChI=1S/C14H22N2/c1-11(2)13-5-3-12(4-6-13)9-16-14-7-8-15-10-14/h3-6,11,14-16H,7-10H2,1-2H3. The average molecular weight is 218 g/mol. The van der Waals surface area contributed by atoms with Crippen LogP contribution in [0.4, 0.5) is 0 Å². The third-order valence-corrected chi connectivity index (χ3v) is 3.30. The van der Waals surface area contributed by atoms with Gasteiger partial charge >= 0.3 is 0 Å². The zero-order valence-corrected chi connectivity index (χ0v) is 10.3. The molecule has 1 saturated heterocycles. The maximum atomic E-state index is 3.58. The van der Waals surface area contributed by atoms with Crippen molar-refractivity contribution in [1.29, 1.82) is 0 Å². The fraction of sp³-hybridized carbons (Fsp3) is 0.571. The molecule has 1 unspecified atom stereocenters. The molecular formula is C14H22N2. The summed E-state index contributed by atoms with van der Waals surface area (Å²) in [5.74, 6) is 0.626. The molecule has 16 heavy (non-hydrogen) atoms. The van der Waals surface area contributed by atoms with Crippen molar-refractivity contribution in [1.82, 2.24) is 10.6 Å². The first-order valence-electron chi connectivity index (χ1n) is 6.28. The maximum Gasteiger partial charge on any atom is 0.0208 e. The zero-order chi connectivity index (χ0) is 11.4. The van der Waals surface area contributed by atoms with Gasteiger partial charge in [0.25, 0.3) is 0 Å². The Morgan fingerprint density at radius 1 is 1.31 bits per heavy atom. The molecule has 0 spiro atoms. The highest BCUT2D eigenvalue weighted by Crippen LogP contribution is 2.14. The van der Waals surface area contributed by atoms with Gasteiger partial charge < -0.3 is 10.6 Å². The average Bonchev–Trinajstić information content (AvgIpc) is 2.80. The SMILES string of the molecule is CC(C)c1ccc(CNC2CCNC2)cc1. The summed E-state index contributed by atoms with van der Waals surface area (Å²) in [5, 5.41) is 6.95. The van der Waals surface area contributed by atoms with E-state index in [-0.39, 0.29) is 0 Å². The van der Waals surface area contributed by atoms with E-state index >= 15 is 0 Å². The van der Waals surface area contributed by atoms with E-state index in [0.29, 0.717) is 12.0 Å². The van der Waals surface area contributed by atoms with Crippen molar-refractivity contribution in [2.45, 2.75) is 38.8 Å².